The molecule has 2 saturated carbocycles. The molecule has 1 aromatic carbocycles. The molecule has 0 radical (unpaired) electrons. The maximum absolute atomic E-state index is 11.8. The van der Waals surface area contributed by atoms with Crippen LogP contribution in [0.1, 0.15) is 89.7 Å². The van der Waals surface area contributed by atoms with Gasteiger partial charge < -0.3 is 9.53 Å². The van der Waals surface area contributed by atoms with E-state index in [0.29, 0.717) is 17.8 Å². The summed E-state index contributed by atoms with van der Waals surface area (Å²) in [5, 5.41) is 13.0. The molecule has 3 aliphatic rings. The van der Waals surface area contributed by atoms with Gasteiger partial charge in [0.05, 0.1) is 5.60 Å². The minimum atomic E-state index is -1.82. The van der Waals surface area contributed by atoms with Crippen molar-refractivity contribution < 1.29 is 9.53 Å². The van der Waals surface area contributed by atoms with Gasteiger partial charge in [-0.3, -0.25) is 0 Å². The summed E-state index contributed by atoms with van der Waals surface area (Å²) in [6.45, 7) is 14.0. The number of aliphatic hydroxyl groups is 1. The Bertz CT molecular complexity index is 888. The predicted octanol–water partition coefficient (Wildman–Crippen LogP) is 8.39. The van der Waals surface area contributed by atoms with Crippen LogP contribution in [0.15, 0.2) is 30.4 Å². The summed E-state index contributed by atoms with van der Waals surface area (Å²) in [5.41, 5.74) is 2.60. The highest BCUT2D eigenvalue weighted by atomic mass is 79.9. The maximum atomic E-state index is 11.8. The highest BCUT2D eigenvalue weighted by Crippen LogP contribution is 2.65. The van der Waals surface area contributed by atoms with Gasteiger partial charge in [-0.25, -0.2) is 0 Å². The van der Waals surface area contributed by atoms with Crippen molar-refractivity contribution in [2.75, 3.05) is 5.33 Å². The molecule has 3 aliphatic carbocycles. The first-order chi connectivity index (χ1) is 15.4. The van der Waals surface area contributed by atoms with Crippen LogP contribution in [0.25, 0.3) is 0 Å². The lowest BCUT2D eigenvalue weighted by Crippen LogP contribution is -2.50. The fourth-order valence-electron chi connectivity index (χ4n) is 6.97. The Morgan fingerprint density at radius 3 is 2.61 bits per heavy atom. The minimum Gasteiger partial charge on any atom is -0.543 e. The van der Waals surface area contributed by atoms with Gasteiger partial charge >= 0.3 is 0 Å². The fourth-order valence-corrected chi connectivity index (χ4v) is 8.26. The molecular weight excluding hydrogens is 488 g/mol. The molecule has 0 amide bonds. The first kappa shape index (κ1) is 25.5. The van der Waals surface area contributed by atoms with Crippen LogP contribution >= 0.6 is 15.9 Å². The van der Waals surface area contributed by atoms with Crippen molar-refractivity contribution in [3.8, 4) is 5.75 Å². The number of halogens is 1. The predicted molar refractivity (Wildman–Crippen MR) is 146 cm³/mol. The van der Waals surface area contributed by atoms with Crippen LogP contribution < -0.4 is 4.43 Å². The molecule has 0 heterocycles. The monoisotopic (exact) mass is 532 g/mol. The molecule has 0 aliphatic heterocycles. The summed E-state index contributed by atoms with van der Waals surface area (Å²) < 4.78 is 6.63. The third kappa shape index (κ3) is 4.54. The number of rotatable bonds is 6. The van der Waals surface area contributed by atoms with Gasteiger partial charge in [-0.1, -0.05) is 61.8 Å². The van der Waals surface area contributed by atoms with Crippen molar-refractivity contribution >= 4 is 24.2 Å². The van der Waals surface area contributed by atoms with E-state index in [9.17, 15) is 5.11 Å². The quantitative estimate of drug-likeness (QED) is 0.226. The number of fused-ring (bicyclic) bond motifs is 5. The zero-order valence-corrected chi connectivity index (χ0v) is 24.3. The first-order valence-corrected chi connectivity index (χ1v) is 17.2. The molecule has 4 heteroatoms. The SMILES string of the molecule is CC(C)(C)[Si](C)(C)Oc1ccc2c(c1)CC[C@@H]1[C@@H]2CC[C@@]2(C)[C@H]1CC[C@@]2(O)C/C=C/CCBr. The summed E-state index contributed by atoms with van der Waals surface area (Å²) >= 11 is 3.50. The van der Waals surface area contributed by atoms with Gasteiger partial charge in [0.25, 0.3) is 0 Å². The Labute approximate surface area is 211 Å². The molecule has 33 heavy (non-hydrogen) atoms. The molecule has 0 unspecified atom stereocenters. The zero-order valence-electron chi connectivity index (χ0n) is 21.7. The van der Waals surface area contributed by atoms with Crippen molar-refractivity contribution in [1.82, 2.24) is 0 Å². The Kier molecular flexibility index (Phi) is 7.06. The van der Waals surface area contributed by atoms with Crippen molar-refractivity contribution in [3.05, 3.63) is 41.5 Å². The van der Waals surface area contributed by atoms with Gasteiger partial charge in [0, 0.05) is 5.33 Å². The highest BCUT2D eigenvalue weighted by molar-refractivity contribution is 9.09. The second-order valence-electron chi connectivity index (χ2n) is 12.8. The van der Waals surface area contributed by atoms with E-state index in [1.54, 1.807) is 5.56 Å². The van der Waals surface area contributed by atoms with Crippen molar-refractivity contribution in [2.24, 2.45) is 17.3 Å². The third-order valence-corrected chi connectivity index (χ3v) is 14.9. The third-order valence-electron chi connectivity index (χ3n) is 10.1. The van der Waals surface area contributed by atoms with Crippen molar-refractivity contribution in [2.45, 2.75) is 109 Å². The number of alkyl halides is 1. The molecule has 5 atom stereocenters. The molecule has 0 aromatic heterocycles. The van der Waals surface area contributed by atoms with Crippen LogP contribution in [0.5, 0.6) is 5.75 Å². The summed E-state index contributed by atoms with van der Waals surface area (Å²) in [6.07, 6.45) is 13.2. The second kappa shape index (κ2) is 9.13. The Morgan fingerprint density at radius 2 is 1.91 bits per heavy atom. The lowest BCUT2D eigenvalue weighted by Gasteiger charge is -2.53. The number of benzene rings is 1. The van der Waals surface area contributed by atoms with Crippen LogP contribution in [0.4, 0.5) is 0 Å². The van der Waals surface area contributed by atoms with E-state index >= 15 is 0 Å². The van der Waals surface area contributed by atoms with Crippen LogP contribution in [-0.4, -0.2) is 24.4 Å². The van der Waals surface area contributed by atoms with Gasteiger partial charge in [0.1, 0.15) is 5.75 Å². The maximum Gasteiger partial charge on any atom is 0.250 e. The van der Waals surface area contributed by atoms with E-state index < -0.39 is 13.9 Å². The summed E-state index contributed by atoms with van der Waals surface area (Å²) in [7, 11) is -1.82. The number of hydrogen-bond acceptors (Lipinski definition) is 2. The standard InChI is InChI=1S/C29H45BrO2Si/c1-27(2,3)33(5,6)32-22-11-13-23-21(20-22)10-12-25-24(23)14-17-28(4)26(25)15-18-29(28,31)16-8-7-9-19-30/h7-8,11,13,20,24-26,31H,9-10,12,14-19H2,1-6H3/b8-7+/t24-,25-,26+,28+,29+/m1/s1. The molecule has 184 valence electrons. The van der Waals surface area contributed by atoms with E-state index in [2.05, 4.69) is 87.1 Å². The lowest BCUT2D eigenvalue weighted by atomic mass is 9.53. The average molecular weight is 534 g/mol. The average Bonchev–Trinajstić information content (AvgIpc) is 3.01. The normalized spacial score (nSPS) is 34.1. The van der Waals surface area contributed by atoms with Crippen LogP contribution in [0.2, 0.25) is 18.1 Å². The van der Waals surface area contributed by atoms with Crippen LogP contribution in [-0.2, 0) is 6.42 Å². The smallest absolute Gasteiger partial charge is 0.250 e. The highest BCUT2D eigenvalue weighted by Gasteiger charge is 2.60. The van der Waals surface area contributed by atoms with E-state index in [0.717, 1.165) is 43.2 Å². The van der Waals surface area contributed by atoms with Gasteiger partial charge in [0.15, 0.2) is 0 Å². The molecule has 1 N–H and O–H groups in total. The van der Waals surface area contributed by atoms with Crippen LogP contribution in [0.3, 0.4) is 0 Å². The molecule has 0 spiro atoms. The lowest BCUT2D eigenvalue weighted by molar-refractivity contribution is -0.100. The summed E-state index contributed by atoms with van der Waals surface area (Å²) in [6, 6.07) is 7.00. The first-order valence-electron chi connectivity index (χ1n) is 13.2. The number of hydrogen-bond donors (Lipinski definition) is 1. The van der Waals surface area contributed by atoms with E-state index in [1.165, 1.54) is 24.8 Å². The number of allylic oxidation sites excluding steroid dienone is 1. The molecular formula is C29H45BrO2Si. The Balaban J connectivity index is 1.52. The van der Waals surface area contributed by atoms with Gasteiger partial charge in [-0.05, 0) is 116 Å². The van der Waals surface area contributed by atoms with Crippen molar-refractivity contribution in [1.29, 1.82) is 0 Å². The molecule has 4 rings (SSSR count). The van der Waals surface area contributed by atoms with Gasteiger partial charge in [-0.2, -0.15) is 0 Å². The molecule has 1 aromatic rings. The van der Waals surface area contributed by atoms with E-state index in [4.69, 9.17) is 4.43 Å². The molecule has 0 bridgehead atoms. The van der Waals surface area contributed by atoms with Crippen LogP contribution in [0, 0.1) is 17.3 Å². The van der Waals surface area contributed by atoms with Crippen molar-refractivity contribution in [3.63, 3.8) is 0 Å². The molecule has 2 fully saturated rings. The van der Waals surface area contributed by atoms with E-state index in [-0.39, 0.29) is 10.5 Å². The topological polar surface area (TPSA) is 29.5 Å². The van der Waals surface area contributed by atoms with Gasteiger partial charge in [0.2, 0.25) is 8.32 Å². The van der Waals surface area contributed by atoms with Gasteiger partial charge in [-0.15, -0.1) is 0 Å². The largest absolute Gasteiger partial charge is 0.543 e. The second-order valence-corrected chi connectivity index (χ2v) is 18.3. The summed E-state index contributed by atoms with van der Waals surface area (Å²) in [5.74, 6) is 3.08. The Morgan fingerprint density at radius 1 is 1.15 bits per heavy atom. The van der Waals surface area contributed by atoms with E-state index in [1.807, 2.05) is 0 Å². The Hall–Kier alpha value is -0.583. The fraction of sp³-hybridized carbons (Fsp3) is 0.724. The molecule has 2 nitrogen and oxygen atoms in total. The summed E-state index contributed by atoms with van der Waals surface area (Å²) in [4.78, 5) is 0. The minimum absolute atomic E-state index is 0.0514. The molecule has 0 saturated heterocycles. The zero-order chi connectivity index (χ0) is 24.1. The number of aryl methyl sites for hydroxylation is 1.